The van der Waals surface area contributed by atoms with Crippen molar-refractivity contribution < 1.29 is 5.11 Å². The Morgan fingerprint density at radius 3 is 2.73 bits per heavy atom. The molecular weight excluding hydrogens is 216 g/mol. The van der Waals surface area contributed by atoms with Crippen LogP contribution in [0.2, 0.25) is 5.28 Å². The van der Waals surface area contributed by atoms with E-state index < -0.39 is 5.54 Å². The largest absolute Gasteiger partial charge is 0.394 e. The van der Waals surface area contributed by atoms with Gasteiger partial charge < -0.3 is 15.7 Å². The summed E-state index contributed by atoms with van der Waals surface area (Å²) in [6.07, 6.45) is 1.45. The molecule has 0 unspecified atom stereocenters. The summed E-state index contributed by atoms with van der Waals surface area (Å²) in [5, 5.41) is 9.37. The first kappa shape index (κ1) is 12.0. The maximum atomic E-state index is 9.23. The topological polar surface area (TPSA) is 75.3 Å². The minimum atomic E-state index is -0.453. The van der Waals surface area contributed by atoms with Gasteiger partial charge in [-0.15, -0.1) is 0 Å². The first-order valence-electron chi connectivity index (χ1n) is 4.51. The first-order valence-corrected chi connectivity index (χ1v) is 4.89. The van der Waals surface area contributed by atoms with Gasteiger partial charge >= 0.3 is 0 Å². The van der Waals surface area contributed by atoms with E-state index in [2.05, 4.69) is 9.97 Å². The molecule has 15 heavy (non-hydrogen) atoms. The molecule has 0 saturated heterocycles. The Labute approximate surface area is 93.9 Å². The van der Waals surface area contributed by atoms with E-state index in [0.29, 0.717) is 11.5 Å². The average molecular weight is 231 g/mol. The number of nitrogens with zero attached hydrogens (tertiary/aromatic N) is 3. The maximum absolute atomic E-state index is 9.23. The van der Waals surface area contributed by atoms with Crippen molar-refractivity contribution in [1.82, 2.24) is 9.97 Å². The Kier molecular flexibility index (Phi) is 3.36. The summed E-state index contributed by atoms with van der Waals surface area (Å²) in [6, 6.07) is 0. The summed E-state index contributed by atoms with van der Waals surface area (Å²) < 4.78 is 0. The molecule has 3 N–H and O–H groups in total. The lowest BCUT2D eigenvalue weighted by atomic mass is 10.1. The van der Waals surface area contributed by atoms with Crippen LogP contribution in [0.4, 0.5) is 11.5 Å². The zero-order chi connectivity index (χ0) is 11.6. The third-order valence-corrected chi connectivity index (χ3v) is 2.56. The van der Waals surface area contributed by atoms with E-state index in [1.165, 1.54) is 6.20 Å². The highest BCUT2D eigenvalue weighted by Crippen LogP contribution is 2.25. The highest BCUT2D eigenvalue weighted by molar-refractivity contribution is 6.28. The van der Waals surface area contributed by atoms with Gasteiger partial charge in [-0.25, -0.2) is 4.98 Å². The first-order chi connectivity index (χ1) is 6.88. The van der Waals surface area contributed by atoms with Crippen LogP contribution in [0.15, 0.2) is 6.20 Å². The van der Waals surface area contributed by atoms with Crippen molar-refractivity contribution in [3.63, 3.8) is 0 Å². The van der Waals surface area contributed by atoms with Crippen molar-refractivity contribution >= 4 is 23.1 Å². The van der Waals surface area contributed by atoms with E-state index in [-0.39, 0.29) is 11.9 Å². The summed E-state index contributed by atoms with van der Waals surface area (Å²) >= 11 is 5.69. The third-order valence-electron chi connectivity index (χ3n) is 2.38. The molecule has 0 aliphatic carbocycles. The van der Waals surface area contributed by atoms with Gasteiger partial charge in [0, 0.05) is 7.05 Å². The van der Waals surface area contributed by atoms with Crippen LogP contribution in [0, 0.1) is 0 Å². The number of nitrogens with two attached hydrogens (primary N) is 1. The summed E-state index contributed by atoms with van der Waals surface area (Å²) in [5.74, 6) is 0.522. The molecule has 1 aromatic rings. The molecule has 1 rings (SSSR count). The lowest BCUT2D eigenvalue weighted by Gasteiger charge is -2.35. The van der Waals surface area contributed by atoms with Crippen molar-refractivity contribution in [2.24, 2.45) is 0 Å². The predicted molar refractivity (Wildman–Crippen MR) is 61.0 cm³/mol. The van der Waals surface area contributed by atoms with Crippen LogP contribution in [0.1, 0.15) is 13.8 Å². The number of aliphatic hydroxyl groups is 1. The van der Waals surface area contributed by atoms with E-state index >= 15 is 0 Å². The number of anilines is 2. The number of rotatable bonds is 3. The van der Waals surface area contributed by atoms with Gasteiger partial charge in [0.1, 0.15) is 0 Å². The fourth-order valence-corrected chi connectivity index (χ4v) is 1.15. The average Bonchev–Trinajstić information content (AvgIpc) is 2.20. The second-order valence-corrected chi connectivity index (χ2v) is 4.29. The molecule has 1 heterocycles. The summed E-state index contributed by atoms with van der Waals surface area (Å²) in [5.41, 5.74) is 5.72. The van der Waals surface area contributed by atoms with Gasteiger partial charge in [0.25, 0.3) is 0 Å². The Bertz CT molecular complexity index is 356. The van der Waals surface area contributed by atoms with Gasteiger partial charge in [0.15, 0.2) is 5.82 Å². The fraction of sp³-hybridized carbons (Fsp3) is 0.556. The molecule has 0 aromatic carbocycles. The minimum Gasteiger partial charge on any atom is -0.394 e. The van der Waals surface area contributed by atoms with Gasteiger partial charge in [0.2, 0.25) is 5.28 Å². The van der Waals surface area contributed by atoms with Crippen molar-refractivity contribution in [3.8, 4) is 0 Å². The molecular formula is C9H15ClN4O. The van der Waals surface area contributed by atoms with Crippen molar-refractivity contribution in [3.05, 3.63) is 11.5 Å². The predicted octanol–water partition coefficient (Wildman–Crippen LogP) is 0.919. The van der Waals surface area contributed by atoms with Crippen molar-refractivity contribution in [2.45, 2.75) is 19.4 Å². The lowest BCUT2D eigenvalue weighted by molar-refractivity contribution is 0.215. The summed E-state index contributed by atoms with van der Waals surface area (Å²) in [7, 11) is 1.80. The number of nitrogen functional groups attached to an aromatic ring is 1. The molecule has 0 saturated carbocycles. The smallest absolute Gasteiger partial charge is 0.224 e. The molecule has 0 aliphatic heterocycles. The Morgan fingerprint density at radius 1 is 1.60 bits per heavy atom. The maximum Gasteiger partial charge on any atom is 0.224 e. The standard InChI is InChI=1S/C9H15ClN4O/c1-9(2,5-15)14(3)7-6(11)4-12-8(10)13-7/h4,15H,5,11H2,1-3H3. The zero-order valence-corrected chi connectivity index (χ0v) is 9.78. The molecule has 1 aromatic heterocycles. The normalized spacial score (nSPS) is 11.5. The van der Waals surface area contributed by atoms with E-state index in [1.807, 2.05) is 13.8 Å². The van der Waals surface area contributed by atoms with E-state index in [0.717, 1.165) is 0 Å². The van der Waals surface area contributed by atoms with Gasteiger partial charge in [-0.05, 0) is 25.4 Å². The molecule has 0 amide bonds. The second-order valence-electron chi connectivity index (χ2n) is 3.95. The summed E-state index contributed by atoms with van der Waals surface area (Å²) in [6.45, 7) is 3.75. The number of halogens is 1. The van der Waals surface area contributed by atoms with Crippen LogP contribution < -0.4 is 10.6 Å². The molecule has 5 nitrogen and oxygen atoms in total. The summed E-state index contributed by atoms with van der Waals surface area (Å²) in [4.78, 5) is 9.57. The van der Waals surface area contributed by atoms with Crippen molar-refractivity contribution in [2.75, 3.05) is 24.3 Å². The van der Waals surface area contributed by atoms with Gasteiger partial charge in [-0.3, -0.25) is 0 Å². The molecule has 0 bridgehead atoms. The number of aromatic nitrogens is 2. The highest BCUT2D eigenvalue weighted by atomic mass is 35.5. The highest BCUT2D eigenvalue weighted by Gasteiger charge is 2.25. The lowest BCUT2D eigenvalue weighted by Crippen LogP contribution is -2.45. The Morgan fingerprint density at radius 2 is 2.20 bits per heavy atom. The second kappa shape index (κ2) is 4.20. The molecule has 0 atom stereocenters. The number of hydrogen-bond donors (Lipinski definition) is 2. The number of likely N-dealkylation sites (N-methyl/N-ethyl adjacent to an activating group) is 1. The van der Waals surface area contributed by atoms with E-state index in [1.54, 1.807) is 11.9 Å². The molecule has 0 aliphatic rings. The van der Waals surface area contributed by atoms with Crippen LogP contribution in [-0.4, -0.2) is 34.3 Å². The third kappa shape index (κ3) is 2.49. The van der Waals surface area contributed by atoms with E-state index in [4.69, 9.17) is 17.3 Å². The van der Waals surface area contributed by atoms with Crippen molar-refractivity contribution in [1.29, 1.82) is 0 Å². The van der Waals surface area contributed by atoms with Gasteiger partial charge in [0.05, 0.1) is 24.0 Å². The van der Waals surface area contributed by atoms with Gasteiger partial charge in [-0.2, -0.15) is 4.98 Å². The minimum absolute atomic E-state index is 0.00936. The van der Waals surface area contributed by atoms with Crippen LogP contribution in [0.3, 0.4) is 0 Å². The van der Waals surface area contributed by atoms with E-state index in [9.17, 15) is 5.11 Å². The number of hydrogen-bond acceptors (Lipinski definition) is 5. The molecule has 84 valence electrons. The van der Waals surface area contributed by atoms with Crippen LogP contribution in [-0.2, 0) is 0 Å². The van der Waals surface area contributed by atoms with Crippen LogP contribution in [0.25, 0.3) is 0 Å². The Hall–Kier alpha value is -1.07. The van der Waals surface area contributed by atoms with Crippen LogP contribution >= 0.6 is 11.6 Å². The van der Waals surface area contributed by atoms with Crippen LogP contribution in [0.5, 0.6) is 0 Å². The molecule has 6 heteroatoms. The molecule has 0 fully saturated rings. The fourth-order valence-electron chi connectivity index (χ4n) is 1.02. The molecule has 0 radical (unpaired) electrons. The molecule has 0 spiro atoms. The van der Waals surface area contributed by atoms with Gasteiger partial charge in [-0.1, -0.05) is 0 Å². The SMILES string of the molecule is CN(c1nc(Cl)ncc1N)C(C)(C)CO. The monoisotopic (exact) mass is 230 g/mol. The number of aliphatic hydroxyl groups excluding tert-OH is 1. The Balaban J connectivity index is 3.10. The quantitative estimate of drug-likeness (QED) is 0.756. The zero-order valence-electron chi connectivity index (χ0n) is 9.03.